The number of para-hydroxylation sites is 1. The molecule has 3 aromatic heterocycles. The first-order valence-corrected chi connectivity index (χ1v) is 21.5. The Kier molecular flexibility index (Phi) is 12.8. The Morgan fingerprint density at radius 1 is 1.03 bits per heavy atom. The Bertz CT molecular complexity index is 2720. The van der Waals surface area contributed by atoms with Crippen molar-refractivity contribution in [3.05, 3.63) is 86.2 Å². The van der Waals surface area contributed by atoms with E-state index in [0.29, 0.717) is 55.5 Å². The Hall–Kier alpha value is -5.41. The lowest BCUT2D eigenvalue weighted by Crippen LogP contribution is -2.44. The third-order valence-corrected chi connectivity index (χ3v) is 12.8. The molecule has 2 fully saturated rings. The number of alkyl halides is 2. The normalized spacial score (nSPS) is 19.7. The number of nitrogens with one attached hydrogen (secondary N) is 3. The highest BCUT2D eigenvalue weighted by Gasteiger charge is 2.40. The highest BCUT2D eigenvalue weighted by molar-refractivity contribution is 7.89. The lowest BCUT2D eigenvalue weighted by Gasteiger charge is -2.28. The second-order valence-electron chi connectivity index (χ2n) is 15.6. The van der Waals surface area contributed by atoms with Crippen LogP contribution in [0.2, 0.25) is 0 Å². The zero-order valence-corrected chi connectivity index (χ0v) is 34.8. The second kappa shape index (κ2) is 17.9. The average molecular weight is 867 g/mol. The molecule has 326 valence electrons. The van der Waals surface area contributed by atoms with E-state index < -0.39 is 51.2 Å². The van der Waals surface area contributed by atoms with Gasteiger partial charge in [-0.25, -0.2) is 31.7 Å². The van der Waals surface area contributed by atoms with Gasteiger partial charge < -0.3 is 19.9 Å². The van der Waals surface area contributed by atoms with Crippen molar-refractivity contribution in [3.8, 4) is 0 Å². The lowest BCUT2D eigenvalue weighted by atomic mass is 9.99. The molecular formula is C41H48F2N8O9S. The molecule has 2 aliphatic rings. The Morgan fingerprint density at radius 2 is 1.80 bits per heavy atom. The van der Waals surface area contributed by atoms with Gasteiger partial charge in [0.25, 0.3) is 12.0 Å². The number of aryl methyl sites for hydroxylation is 3. The number of carbonyl (C=O) groups excluding carboxylic acids is 2. The van der Waals surface area contributed by atoms with E-state index in [1.54, 1.807) is 33.0 Å². The van der Waals surface area contributed by atoms with Crippen molar-refractivity contribution in [1.82, 2.24) is 33.7 Å². The number of hydrogen-bond acceptors (Lipinski definition) is 12. The molecule has 1 saturated carbocycles. The number of ether oxygens (including phenoxy) is 2. The highest BCUT2D eigenvalue weighted by atomic mass is 32.2. The van der Waals surface area contributed by atoms with Gasteiger partial charge in [-0.2, -0.15) is 4.98 Å². The van der Waals surface area contributed by atoms with Crippen molar-refractivity contribution in [2.24, 2.45) is 7.05 Å². The first-order valence-electron chi connectivity index (χ1n) is 20.1. The van der Waals surface area contributed by atoms with Crippen LogP contribution in [0, 0.1) is 6.92 Å². The molecule has 4 N–H and O–H groups in total. The number of nitrogens with zero attached hydrogens (tertiary/aromatic N) is 5. The van der Waals surface area contributed by atoms with Crippen molar-refractivity contribution in [2.45, 2.75) is 87.8 Å². The third kappa shape index (κ3) is 9.13. The molecule has 0 bridgehead atoms. The summed E-state index contributed by atoms with van der Waals surface area (Å²) in [7, 11) is -2.24. The largest absolute Gasteiger partial charge is 0.388 e. The number of rotatable bonds is 17. The summed E-state index contributed by atoms with van der Waals surface area (Å²) >= 11 is 0. The molecule has 7 rings (SSSR count). The number of carbonyl (C=O) groups is 2. The van der Waals surface area contributed by atoms with Crippen LogP contribution in [0.4, 0.5) is 20.4 Å². The van der Waals surface area contributed by atoms with Crippen LogP contribution >= 0.6 is 0 Å². The standard InChI is InChI=1S/C41H48F2N8O9S/c1-24-21-27(11-12-29(24)46-39-44-23-26-22-28(35(42)43)38(54)51(36(26)48-39)32-10-5-15-41(32,2)56)61(57,58)45-16-18-60-20-19-59-17-6-8-25-7-4-9-30-34(25)49(3)40(55)50(30)31-13-14-33(52)47-37(31)53/h4,7,9,11-12,21-23,31-32,35,45,56H,5-6,8,10,13-20H2,1-3H3,(H,44,46,48)(H,47,52,53)/t31?,32-,41-/m1/s1. The zero-order chi connectivity index (χ0) is 43.6. The molecule has 1 unspecified atom stereocenters. The molecule has 5 aromatic rings. The Labute approximate surface area is 349 Å². The smallest absolute Gasteiger partial charge is 0.329 e. The molecule has 61 heavy (non-hydrogen) atoms. The van der Waals surface area contributed by atoms with Crippen molar-refractivity contribution in [2.75, 3.05) is 38.3 Å². The number of halogens is 2. The van der Waals surface area contributed by atoms with E-state index in [0.717, 1.165) is 21.7 Å². The molecule has 20 heteroatoms. The molecule has 2 amide bonds. The van der Waals surface area contributed by atoms with E-state index >= 15 is 0 Å². The van der Waals surface area contributed by atoms with Crippen molar-refractivity contribution in [1.29, 1.82) is 0 Å². The predicted molar refractivity (Wildman–Crippen MR) is 220 cm³/mol. The number of imide groups is 1. The molecule has 1 aliphatic carbocycles. The molecule has 0 spiro atoms. The fourth-order valence-electron chi connectivity index (χ4n) is 8.22. The first-order chi connectivity index (χ1) is 29.1. The number of sulfonamides is 1. The number of aliphatic hydroxyl groups is 1. The predicted octanol–water partition coefficient (Wildman–Crippen LogP) is 3.83. The SMILES string of the molecule is Cc1cc(S(=O)(=O)NCCOCCOCCCc2cccc3c2n(C)c(=O)n3C2CCC(=O)NC2=O)ccc1Nc1ncc2cc(C(F)F)c(=O)n([C@@H]3CCC[C@@]3(C)O)c2n1. The van der Waals surface area contributed by atoms with E-state index in [-0.39, 0.29) is 72.7 Å². The van der Waals surface area contributed by atoms with Crippen LogP contribution in [0.15, 0.2) is 63.1 Å². The van der Waals surface area contributed by atoms with Gasteiger partial charge in [0.1, 0.15) is 11.7 Å². The highest BCUT2D eigenvalue weighted by Crippen LogP contribution is 2.40. The number of fused-ring (bicyclic) bond motifs is 2. The van der Waals surface area contributed by atoms with Crippen molar-refractivity contribution < 1.29 is 41.4 Å². The summed E-state index contributed by atoms with van der Waals surface area (Å²) in [5.74, 6) is -0.786. The van der Waals surface area contributed by atoms with Crippen LogP contribution in [-0.2, 0) is 42.6 Å². The van der Waals surface area contributed by atoms with Gasteiger partial charge in [0.05, 0.1) is 53.0 Å². The van der Waals surface area contributed by atoms with Gasteiger partial charge in [-0.05, 0) is 93.8 Å². The fourth-order valence-corrected chi connectivity index (χ4v) is 9.32. The van der Waals surface area contributed by atoms with E-state index in [2.05, 4.69) is 25.3 Å². The van der Waals surface area contributed by atoms with E-state index in [1.165, 1.54) is 27.5 Å². The van der Waals surface area contributed by atoms with E-state index in [9.17, 15) is 41.5 Å². The Balaban J connectivity index is 0.876. The molecular weight excluding hydrogens is 819 g/mol. The number of hydrogen-bond donors (Lipinski definition) is 4. The van der Waals surface area contributed by atoms with Gasteiger partial charge in [-0.15, -0.1) is 0 Å². The monoisotopic (exact) mass is 866 g/mol. The van der Waals surface area contributed by atoms with Crippen LogP contribution in [0.3, 0.4) is 0 Å². The minimum atomic E-state index is -3.91. The summed E-state index contributed by atoms with van der Waals surface area (Å²) in [5.41, 5.74) is 0.131. The molecule has 3 atom stereocenters. The summed E-state index contributed by atoms with van der Waals surface area (Å²) < 4.78 is 71.8. The first kappa shape index (κ1) is 43.7. The number of amides is 2. The molecule has 4 heterocycles. The minimum Gasteiger partial charge on any atom is -0.388 e. The van der Waals surface area contributed by atoms with Crippen molar-refractivity contribution in [3.63, 3.8) is 0 Å². The number of anilines is 2. The number of piperidine rings is 1. The molecule has 1 saturated heterocycles. The summed E-state index contributed by atoms with van der Waals surface area (Å²) in [5, 5.41) is 16.5. The van der Waals surface area contributed by atoms with E-state index in [1.807, 2.05) is 12.1 Å². The molecule has 2 aromatic carbocycles. The summed E-state index contributed by atoms with van der Waals surface area (Å²) in [6.45, 7) is 4.31. The van der Waals surface area contributed by atoms with Crippen LogP contribution in [0.25, 0.3) is 22.1 Å². The van der Waals surface area contributed by atoms with Gasteiger partial charge in [0, 0.05) is 43.9 Å². The molecule has 0 radical (unpaired) electrons. The van der Waals surface area contributed by atoms with Crippen LogP contribution in [-0.4, -0.2) is 87.6 Å². The van der Waals surface area contributed by atoms with Crippen LogP contribution < -0.4 is 26.6 Å². The van der Waals surface area contributed by atoms with Gasteiger partial charge >= 0.3 is 5.69 Å². The van der Waals surface area contributed by atoms with Gasteiger partial charge in [0.15, 0.2) is 0 Å². The average Bonchev–Trinajstić information content (AvgIpc) is 3.69. The maximum Gasteiger partial charge on any atom is 0.329 e. The van der Waals surface area contributed by atoms with Crippen LogP contribution in [0.1, 0.15) is 80.6 Å². The fraction of sp³-hybridized carbons (Fsp3) is 0.463. The zero-order valence-electron chi connectivity index (χ0n) is 33.9. The minimum absolute atomic E-state index is 0.0103. The maximum absolute atomic E-state index is 13.8. The number of aromatic nitrogens is 5. The van der Waals surface area contributed by atoms with Gasteiger partial charge in [-0.1, -0.05) is 12.1 Å². The topological polar surface area (TPSA) is 218 Å². The summed E-state index contributed by atoms with van der Waals surface area (Å²) in [6, 6.07) is 9.52. The maximum atomic E-state index is 13.8. The van der Waals surface area contributed by atoms with E-state index in [4.69, 9.17) is 9.47 Å². The van der Waals surface area contributed by atoms with Crippen LogP contribution in [0.5, 0.6) is 0 Å². The quantitative estimate of drug-likeness (QED) is 0.0775. The third-order valence-electron chi connectivity index (χ3n) is 11.3. The van der Waals surface area contributed by atoms with Gasteiger partial charge in [-0.3, -0.25) is 33.4 Å². The summed E-state index contributed by atoms with van der Waals surface area (Å²) in [6.07, 6.45) is 1.39. The number of pyridine rings is 1. The van der Waals surface area contributed by atoms with Crippen molar-refractivity contribution >= 4 is 55.5 Å². The molecule has 1 aliphatic heterocycles. The number of imidazole rings is 1. The number of benzene rings is 2. The van der Waals surface area contributed by atoms with Gasteiger partial charge in [0.2, 0.25) is 27.8 Å². The lowest BCUT2D eigenvalue weighted by molar-refractivity contribution is -0.135. The molecule has 17 nitrogen and oxygen atoms in total. The Morgan fingerprint density at radius 3 is 2.51 bits per heavy atom. The summed E-state index contributed by atoms with van der Waals surface area (Å²) in [4.78, 5) is 59.4. The second-order valence-corrected chi connectivity index (χ2v) is 17.4.